The summed E-state index contributed by atoms with van der Waals surface area (Å²) in [6, 6.07) is 4.21. The molecular weight excluding hydrogens is 390 g/mol. The van der Waals surface area contributed by atoms with Crippen molar-refractivity contribution in [2.45, 2.75) is 53.5 Å². The lowest BCUT2D eigenvalue weighted by atomic mass is 9.99. The maximum Gasteiger partial charge on any atom is 0.161 e. The van der Waals surface area contributed by atoms with Gasteiger partial charge in [0.1, 0.15) is 29.1 Å². The zero-order valence-corrected chi connectivity index (χ0v) is 18.7. The Morgan fingerprint density at radius 3 is 2.45 bits per heavy atom. The van der Waals surface area contributed by atoms with Crippen molar-refractivity contribution in [2.24, 2.45) is 0 Å². The first kappa shape index (κ1) is 20.7. The largest absolute Gasteiger partial charge is 0.355 e. The summed E-state index contributed by atoms with van der Waals surface area (Å²) in [6.07, 6.45) is 4.56. The molecule has 4 heterocycles. The molecule has 3 aromatic rings. The van der Waals surface area contributed by atoms with Crippen molar-refractivity contribution in [1.82, 2.24) is 34.3 Å². The molecule has 31 heavy (non-hydrogen) atoms. The molecule has 0 atom stereocenters. The number of allylic oxidation sites excluding steroid dienone is 1. The van der Waals surface area contributed by atoms with Gasteiger partial charge in [-0.1, -0.05) is 6.08 Å². The summed E-state index contributed by atoms with van der Waals surface area (Å²) in [5, 5.41) is 13.5. The van der Waals surface area contributed by atoms with Gasteiger partial charge in [0.25, 0.3) is 0 Å². The van der Waals surface area contributed by atoms with E-state index in [-0.39, 0.29) is 0 Å². The summed E-state index contributed by atoms with van der Waals surface area (Å²) in [5.74, 6) is 5.17. The molecule has 0 amide bonds. The van der Waals surface area contributed by atoms with Crippen LogP contribution in [0.4, 0.5) is 5.82 Å². The third-order valence-electron chi connectivity index (χ3n) is 5.47. The smallest absolute Gasteiger partial charge is 0.161 e. The maximum absolute atomic E-state index is 9.08. The predicted octanol–water partition coefficient (Wildman–Crippen LogP) is 3.04. The van der Waals surface area contributed by atoms with E-state index in [1.165, 1.54) is 0 Å². The second-order valence-electron chi connectivity index (χ2n) is 7.85. The monoisotopic (exact) mass is 417 g/mol. The van der Waals surface area contributed by atoms with Crippen LogP contribution in [0.15, 0.2) is 12.1 Å². The second kappa shape index (κ2) is 8.30. The van der Waals surface area contributed by atoms with Crippen LogP contribution in [0.1, 0.15) is 53.9 Å². The zero-order valence-electron chi connectivity index (χ0n) is 18.7. The van der Waals surface area contributed by atoms with Gasteiger partial charge < -0.3 is 9.47 Å². The summed E-state index contributed by atoms with van der Waals surface area (Å²) < 4.78 is 3.95. The second-order valence-corrected chi connectivity index (χ2v) is 7.85. The molecule has 0 radical (unpaired) electrons. The van der Waals surface area contributed by atoms with Crippen molar-refractivity contribution in [3.05, 3.63) is 46.8 Å². The number of aromatic nitrogens is 7. The molecule has 1 aliphatic heterocycles. The Labute approximate surface area is 182 Å². The number of nitrogens with zero attached hydrogens (tertiary/aromatic N) is 9. The van der Waals surface area contributed by atoms with Crippen LogP contribution in [0.2, 0.25) is 0 Å². The summed E-state index contributed by atoms with van der Waals surface area (Å²) in [7, 11) is 0. The molecule has 160 valence electrons. The van der Waals surface area contributed by atoms with E-state index in [0.717, 1.165) is 53.6 Å². The SMILES string of the molecule is C/C=C\c1c(C)nc(C2CN(c3cc(-n4nc(C)nc4C)nc(C)n3)C2)n1CCC#N. The molecule has 1 fully saturated rings. The third-order valence-corrected chi connectivity index (χ3v) is 5.47. The molecule has 0 bridgehead atoms. The van der Waals surface area contributed by atoms with E-state index in [9.17, 15) is 0 Å². The molecule has 0 N–H and O–H groups in total. The molecule has 0 spiro atoms. The first-order chi connectivity index (χ1) is 14.9. The quantitative estimate of drug-likeness (QED) is 0.607. The van der Waals surface area contributed by atoms with Gasteiger partial charge in [-0.25, -0.2) is 19.9 Å². The first-order valence-corrected chi connectivity index (χ1v) is 10.5. The van der Waals surface area contributed by atoms with Crippen LogP contribution in [0.25, 0.3) is 11.9 Å². The van der Waals surface area contributed by atoms with Gasteiger partial charge in [0, 0.05) is 25.7 Å². The highest BCUT2D eigenvalue weighted by Gasteiger charge is 2.34. The minimum absolute atomic E-state index is 0.297. The molecule has 4 rings (SSSR count). The van der Waals surface area contributed by atoms with E-state index in [2.05, 4.69) is 41.7 Å². The van der Waals surface area contributed by atoms with Crippen LogP contribution in [-0.2, 0) is 6.54 Å². The maximum atomic E-state index is 9.08. The molecule has 0 saturated carbocycles. The number of anilines is 1. The fourth-order valence-corrected chi connectivity index (χ4v) is 4.06. The van der Waals surface area contributed by atoms with Crippen LogP contribution >= 0.6 is 0 Å². The lowest BCUT2D eigenvalue weighted by Crippen LogP contribution is -2.46. The van der Waals surface area contributed by atoms with Crippen LogP contribution in [-0.4, -0.2) is 47.4 Å². The van der Waals surface area contributed by atoms with Crippen molar-refractivity contribution < 1.29 is 0 Å². The van der Waals surface area contributed by atoms with Gasteiger partial charge >= 0.3 is 0 Å². The average Bonchev–Trinajstić information content (AvgIpc) is 3.17. The predicted molar refractivity (Wildman–Crippen MR) is 118 cm³/mol. The van der Waals surface area contributed by atoms with Crippen LogP contribution in [0.3, 0.4) is 0 Å². The molecule has 3 aromatic heterocycles. The van der Waals surface area contributed by atoms with E-state index in [1.807, 2.05) is 46.8 Å². The summed E-state index contributed by atoms with van der Waals surface area (Å²) >= 11 is 0. The van der Waals surface area contributed by atoms with Gasteiger partial charge in [-0.3, -0.25) is 0 Å². The van der Waals surface area contributed by atoms with E-state index >= 15 is 0 Å². The fourth-order valence-electron chi connectivity index (χ4n) is 4.06. The number of hydrogen-bond donors (Lipinski definition) is 0. The Bertz CT molecular complexity index is 1170. The molecular formula is C22H27N9. The Kier molecular flexibility index (Phi) is 5.55. The summed E-state index contributed by atoms with van der Waals surface area (Å²) in [6.45, 7) is 12.0. The number of hydrogen-bond acceptors (Lipinski definition) is 7. The van der Waals surface area contributed by atoms with Gasteiger partial charge in [-0.05, 0) is 40.7 Å². The van der Waals surface area contributed by atoms with Crippen molar-refractivity contribution in [1.29, 1.82) is 5.26 Å². The summed E-state index contributed by atoms with van der Waals surface area (Å²) in [4.78, 5) is 20.6. The normalized spacial score (nSPS) is 14.3. The van der Waals surface area contributed by atoms with E-state index in [0.29, 0.717) is 24.7 Å². The molecule has 1 saturated heterocycles. The number of rotatable bonds is 6. The highest BCUT2D eigenvalue weighted by Crippen LogP contribution is 2.32. The average molecular weight is 418 g/mol. The van der Waals surface area contributed by atoms with Gasteiger partial charge in [0.2, 0.25) is 0 Å². The Hall–Kier alpha value is -3.54. The number of aryl methyl sites for hydroxylation is 4. The third kappa shape index (κ3) is 3.93. The molecule has 0 aliphatic carbocycles. The zero-order chi connectivity index (χ0) is 22.1. The topological polar surface area (TPSA) is 101 Å². The first-order valence-electron chi connectivity index (χ1n) is 10.5. The van der Waals surface area contributed by atoms with Gasteiger partial charge in [-0.2, -0.15) is 9.94 Å². The fraction of sp³-hybridized carbons (Fsp3) is 0.455. The molecule has 9 nitrogen and oxygen atoms in total. The Morgan fingerprint density at radius 2 is 1.81 bits per heavy atom. The van der Waals surface area contributed by atoms with E-state index in [4.69, 9.17) is 10.2 Å². The van der Waals surface area contributed by atoms with Crippen LogP contribution < -0.4 is 4.90 Å². The molecule has 0 aromatic carbocycles. The van der Waals surface area contributed by atoms with Gasteiger partial charge in [0.05, 0.1) is 29.8 Å². The van der Waals surface area contributed by atoms with Gasteiger partial charge in [-0.15, -0.1) is 5.10 Å². The standard InChI is InChI=1S/C22H27N9/c1-6-8-19-14(2)24-22(30(19)10-7-9-23)18-12-29(13-18)20-11-21(27-15(3)26-20)31-17(5)25-16(4)28-31/h6,8,11,18H,7,10,12-13H2,1-5H3/b8-6-. The van der Waals surface area contributed by atoms with Crippen molar-refractivity contribution in [3.63, 3.8) is 0 Å². The van der Waals surface area contributed by atoms with Crippen molar-refractivity contribution in [3.8, 4) is 11.9 Å². The lowest BCUT2D eigenvalue weighted by molar-refractivity contribution is 0.471. The van der Waals surface area contributed by atoms with E-state index < -0.39 is 0 Å². The van der Waals surface area contributed by atoms with Crippen LogP contribution in [0.5, 0.6) is 0 Å². The van der Waals surface area contributed by atoms with Crippen LogP contribution in [0, 0.1) is 39.0 Å². The summed E-state index contributed by atoms with van der Waals surface area (Å²) in [5.41, 5.74) is 2.09. The minimum atomic E-state index is 0.297. The van der Waals surface area contributed by atoms with Gasteiger partial charge in [0.15, 0.2) is 5.82 Å². The van der Waals surface area contributed by atoms with Crippen molar-refractivity contribution >= 4 is 11.9 Å². The molecule has 1 aliphatic rings. The Morgan fingerprint density at radius 1 is 1.06 bits per heavy atom. The highest BCUT2D eigenvalue weighted by atomic mass is 15.4. The number of nitriles is 1. The van der Waals surface area contributed by atoms with E-state index in [1.54, 1.807) is 4.68 Å². The lowest BCUT2D eigenvalue weighted by Gasteiger charge is -2.40. The Balaban J connectivity index is 1.58. The minimum Gasteiger partial charge on any atom is -0.355 e. The molecule has 9 heteroatoms. The number of imidazole rings is 1. The highest BCUT2D eigenvalue weighted by molar-refractivity contribution is 5.51. The molecule has 0 unspecified atom stereocenters. The van der Waals surface area contributed by atoms with Crippen molar-refractivity contribution in [2.75, 3.05) is 18.0 Å².